The molecule has 1 aromatic rings. The number of nitrogens with one attached hydrogen (secondary N) is 1. The summed E-state index contributed by atoms with van der Waals surface area (Å²) in [6, 6.07) is 0. The predicted molar refractivity (Wildman–Crippen MR) is 46.7 cm³/mol. The van der Waals surface area contributed by atoms with Gasteiger partial charge in [0.25, 0.3) is 0 Å². The van der Waals surface area contributed by atoms with Crippen molar-refractivity contribution in [3.63, 3.8) is 0 Å². The lowest BCUT2D eigenvalue weighted by Gasteiger charge is -2.05. The molecule has 1 unspecified atom stereocenters. The second-order valence-electron chi connectivity index (χ2n) is 3.06. The van der Waals surface area contributed by atoms with Crippen molar-refractivity contribution in [3.05, 3.63) is 18.1 Å². The van der Waals surface area contributed by atoms with Crippen LogP contribution < -0.4 is 11.1 Å². The summed E-state index contributed by atoms with van der Waals surface area (Å²) in [5.74, 6) is 1.02. The molecule has 1 saturated heterocycles. The van der Waals surface area contributed by atoms with Crippen LogP contribution in [0.3, 0.4) is 0 Å². The van der Waals surface area contributed by atoms with E-state index in [-0.39, 0.29) is 0 Å². The largest absolute Gasteiger partial charge is 0.382 e. The quantitative estimate of drug-likeness (QED) is 0.619. The van der Waals surface area contributed by atoms with Crippen LogP contribution in [0.25, 0.3) is 0 Å². The zero-order valence-corrected chi connectivity index (χ0v) is 6.83. The highest BCUT2D eigenvalue weighted by Crippen LogP contribution is 2.19. The molecule has 2 rings (SSSR count). The van der Waals surface area contributed by atoms with Gasteiger partial charge in [0.2, 0.25) is 0 Å². The van der Waals surface area contributed by atoms with E-state index < -0.39 is 0 Å². The molecule has 0 aliphatic carbocycles. The number of hydrogen-bond acceptors (Lipinski definition) is 4. The predicted octanol–water partition coefficient (Wildman–Crippen LogP) is 0.136. The van der Waals surface area contributed by atoms with Crippen LogP contribution in [0.1, 0.15) is 18.0 Å². The molecule has 0 radical (unpaired) electrons. The Morgan fingerprint density at radius 1 is 1.42 bits per heavy atom. The van der Waals surface area contributed by atoms with E-state index in [0.29, 0.717) is 11.7 Å². The summed E-state index contributed by atoms with van der Waals surface area (Å²) < 4.78 is 0. The molecule has 4 heteroatoms. The van der Waals surface area contributed by atoms with Crippen LogP contribution in [0.5, 0.6) is 0 Å². The molecule has 1 aromatic heterocycles. The lowest BCUT2D eigenvalue weighted by molar-refractivity contribution is 0.729. The molecule has 1 aliphatic heterocycles. The van der Waals surface area contributed by atoms with E-state index in [2.05, 4.69) is 15.3 Å². The molecule has 1 fully saturated rings. The van der Waals surface area contributed by atoms with E-state index in [9.17, 15) is 0 Å². The minimum atomic E-state index is 0.490. The molecule has 0 aromatic carbocycles. The maximum Gasteiger partial charge on any atom is 0.141 e. The van der Waals surface area contributed by atoms with Gasteiger partial charge in [0.1, 0.15) is 5.82 Å². The SMILES string of the molecule is Nc1cnc(C2CCNC2)cn1. The van der Waals surface area contributed by atoms with Gasteiger partial charge < -0.3 is 11.1 Å². The second-order valence-corrected chi connectivity index (χ2v) is 3.06. The minimum Gasteiger partial charge on any atom is -0.382 e. The van der Waals surface area contributed by atoms with Crippen molar-refractivity contribution in [1.82, 2.24) is 15.3 Å². The first-order chi connectivity index (χ1) is 5.86. The lowest BCUT2D eigenvalue weighted by Crippen LogP contribution is -2.09. The third-order valence-corrected chi connectivity index (χ3v) is 2.17. The van der Waals surface area contributed by atoms with Crippen LogP contribution in [0, 0.1) is 0 Å². The number of nitrogen functional groups attached to an aromatic ring is 1. The molecule has 64 valence electrons. The molecule has 0 spiro atoms. The first-order valence-corrected chi connectivity index (χ1v) is 4.14. The molecule has 0 bridgehead atoms. The average molecular weight is 164 g/mol. The number of hydrogen-bond donors (Lipinski definition) is 2. The van der Waals surface area contributed by atoms with Gasteiger partial charge in [0.05, 0.1) is 18.1 Å². The number of anilines is 1. The van der Waals surface area contributed by atoms with E-state index in [1.807, 2.05) is 0 Å². The third kappa shape index (κ3) is 1.38. The van der Waals surface area contributed by atoms with E-state index >= 15 is 0 Å². The van der Waals surface area contributed by atoms with E-state index in [0.717, 1.165) is 25.2 Å². The molecule has 1 atom stereocenters. The molecule has 0 saturated carbocycles. The fourth-order valence-corrected chi connectivity index (χ4v) is 1.47. The van der Waals surface area contributed by atoms with Crippen LogP contribution in [-0.4, -0.2) is 23.1 Å². The van der Waals surface area contributed by atoms with Crippen LogP contribution >= 0.6 is 0 Å². The molecule has 3 N–H and O–H groups in total. The van der Waals surface area contributed by atoms with Crippen molar-refractivity contribution in [2.75, 3.05) is 18.8 Å². The van der Waals surface area contributed by atoms with E-state index in [4.69, 9.17) is 5.73 Å². The fraction of sp³-hybridized carbons (Fsp3) is 0.500. The van der Waals surface area contributed by atoms with Gasteiger partial charge in [0.15, 0.2) is 0 Å². The van der Waals surface area contributed by atoms with Gasteiger partial charge in [-0.3, -0.25) is 4.98 Å². The molecule has 12 heavy (non-hydrogen) atoms. The Bertz CT molecular complexity index is 250. The number of rotatable bonds is 1. The Balaban J connectivity index is 2.17. The number of aromatic nitrogens is 2. The molecule has 1 aliphatic rings. The summed E-state index contributed by atoms with van der Waals surface area (Å²) in [6.45, 7) is 2.09. The average Bonchev–Trinajstić information content (AvgIpc) is 2.58. The Morgan fingerprint density at radius 2 is 2.33 bits per heavy atom. The monoisotopic (exact) mass is 164 g/mol. The summed E-state index contributed by atoms with van der Waals surface area (Å²) in [5, 5.41) is 3.29. The van der Waals surface area contributed by atoms with Crippen molar-refractivity contribution >= 4 is 5.82 Å². The molecule has 0 amide bonds. The van der Waals surface area contributed by atoms with Gasteiger partial charge in [-0.1, -0.05) is 0 Å². The van der Waals surface area contributed by atoms with Crippen molar-refractivity contribution < 1.29 is 0 Å². The minimum absolute atomic E-state index is 0.490. The van der Waals surface area contributed by atoms with Crippen molar-refractivity contribution in [2.45, 2.75) is 12.3 Å². The Hall–Kier alpha value is -1.16. The zero-order chi connectivity index (χ0) is 8.39. The van der Waals surface area contributed by atoms with Crippen LogP contribution in [0.15, 0.2) is 12.4 Å². The lowest BCUT2D eigenvalue weighted by atomic mass is 10.1. The summed E-state index contributed by atoms with van der Waals surface area (Å²) in [5.41, 5.74) is 6.49. The van der Waals surface area contributed by atoms with E-state index in [1.165, 1.54) is 0 Å². The first kappa shape index (κ1) is 7.49. The number of nitrogens with zero attached hydrogens (tertiary/aromatic N) is 2. The molecular weight excluding hydrogens is 152 g/mol. The molecular formula is C8H12N4. The molecule has 4 nitrogen and oxygen atoms in total. The summed E-state index contributed by atoms with van der Waals surface area (Å²) in [6.07, 6.45) is 4.54. The van der Waals surface area contributed by atoms with Crippen molar-refractivity contribution in [1.29, 1.82) is 0 Å². The molecule has 2 heterocycles. The summed E-state index contributed by atoms with van der Waals surface area (Å²) >= 11 is 0. The second kappa shape index (κ2) is 3.06. The van der Waals surface area contributed by atoms with Gasteiger partial charge in [-0.2, -0.15) is 0 Å². The normalized spacial score (nSPS) is 22.8. The fourth-order valence-electron chi connectivity index (χ4n) is 1.47. The summed E-state index contributed by atoms with van der Waals surface area (Å²) in [7, 11) is 0. The summed E-state index contributed by atoms with van der Waals surface area (Å²) in [4.78, 5) is 8.24. The van der Waals surface area contributed by atoms with Crippen LogP contribution in [-0.2, 0) is 0 Å². The third-order valence-electron chi connectivity index (χ3n) is 2.17. The highest BCUT2D eigenvalue weighted by atomic mass is 14.9. The highest BCUT2D eigenvalue weighted by Gasteiger charge is 2.17. The van der Waals surface area contributed by atoms with Crippen molar-refractivity contribution in [3.8, 4) is 0 Å². The number of nitrogens with two attached hydrogens (primary N) is 1. The van der Waals surface area contributed by atoms with Gasteiger partial charge >= 0.3 is 0 Å². The maximum absolute atomic E-state index is 5.44. The smallest absolute Gasteiger partial charge is 0.141 e. The first-order valence-electron chi connectivity index (χ1n) is 4.14. The Kier molecular flexibility index (Phi) is 1.91. The van der Waals surface area contributed by atoms with Crippen molar-refractivity contribution in [2.24, 2.45) is 0 Å². The zero-order valence-electron chi connectivity index (χ0n) is 6.83. The topological polar surface area (TPSA) is 63.8 Å². The Morgan fingerprint density at radius 3 is 2.92 bits per heavy atom. The van der Waals surface area contributed by atoms with E-state index in [1.54, 1.807) is 12.4 Å². The van der Waals surface area contributed by atoms with Gasteiger partial charge in [-0.25, -0.2) is 4.98 Å². The maximum atomic E-state index is 5.44. The van der Waals surface area contributed by atoms with Crippen LogP contribution in [0.2, 0.25) is 0 Å². The van der Waals surface area contributed by atoms with Gasteiger partial charge in [0, 0.05) is 12.5 Å². The van der Waals surface area contributed by atoms with Gasteiger partial charge in [-0.15, -0.1) is 0 Å². The standard InChI is InChI=1S/C8H12N4/c9-8-5-11-7(4-12-8)6-1-2-10-3-6/h4-6,10H,1-3H2,(H2,9,12). The highest BCUT2D eigenvalue weighted by molar-refractivity contribution is 5.24. The van der Waals surface area contributed by atoms with Gasteiger partial charge in [-0.05, 0) is 13.0 Å². The van der Waals surface area contributed by atoms with Crippen LogP contribution in [0.4, 0.5) is 5.82 Å². The Labute approximate surface area is 71.2 Å².